The molecule has 0 N–H and O–H groups in total. The van der Waals surface area contributed by atoms with Crippen molar-refractivity contribution in [3.8, 4) is 0 Å². The fourth-order valence-electron chi connectivity index (χ4n) is 3.29. The molecule has 3 aromatic rings. The van der Waals surface area contributed by atoms with Crippen molar-refractivity contribution in [2.75, 3.05) is 36.8 Å². The van der Waals surface area contributed by atoms with E-state index in [1.54, 1.807) is 0 Å². The number of rotatable bonds is 10. The monoisotopic (exact) mass is 499 g/mol. The van der Waals surface area contributed by atoms with Gasteiger partial charge in [0, 0.05) is 25.6 Å². The maximum Gasteiger partial charge on any atom is 0.229 e. The quantitative estimate of drug-likeness (QED) is 0.390. The molecule has 1 aromatic heterocycles. The van der Waals surface area contributed by atoms with Crippen LogP contribution < -0.4 is 4.90 Å². The number of fused-ring (bicyclic) bond motifs is 1. The van der Waals surface area contributed by atoms with Crippen molar-refractivity contribution in [1.29, 1.82) is 0 Å². The number of sulfone groups is 1. The number of halogens is 3. The molecule has 0 saturated carbocycles. The molecule has 0 atom stereocenters. The van der Waals surface area contributed by atoms with Gasteiger partial charge in [-0.2, -0.15) is 0 Å². The van der Waals surface area contributed by atoms with Crippen LogP contribution in [0.3, 0.4) is 0 Å². The molecule has 1 amide bonds. The number of nitrogens with zero attached hydrogens (tertiary/aromatic N) is 3. The summed E-state index contributed by atoms with van der Waals surface area (Å²) in [5.41, 5.74) is -0.0454. The molecule has 0 aliphatic rings. The molecule has 0 radical (unpaired) electrons. The first-order chi connectivity index (χ1) is 15.6. The minimum absolute atomic E-state index is 0.0454. The summed E-state index contributed by atoms with van der Waals surface area (Å²) >= 11 is 0.965. The molecule has 0 unspecified atom stereocenters. The van der Waals surface area contributed by atoms with Crippen molar-refractivity contribution in [2.24, 2.45) is 0 Å². The molecule has 0 spiro atoms. The SMILES string of the molecule is CCN(CC)CCN(C(=O)CCS(=O)(=O)c1ccc(F)cc1)c1nc2c(F)cc(F)cc2s1. The Bertz CT molecular complexity index is 1230. The molecule has 0 bridgehead atoms. The summed E-state index contributed by atoms with van der Waals surface area (Å²) < 4.78 is 66.3. The van der Waals surface area contributed by atoms with Gasteiger partial charge in [0.2, 0.25) is 5.91 Å². The first-order valence-corrected chi connectivity index (χ1v) is 12.9. The van der Waals surface area contributed by atoms with Crippen molar-refractivity contribution >= 4 is 42.4 Å². The maximum absolute atomic E-state index is 14.2. The van der Waals surface area contributed by atoms with Gasteiger partial charge in [0.25, 0.3) is 0 Å². The van der Waals surface area contributed by atoms with E-state index in [0.717, 1.165) is 60.8 Å². The molecule has 1 heterocycles. The van der Waals surface area contributed by atoms with Crippen LogP contribution in [0.25, 0.3) is 10.2 Å². The molecule has 11 heteroatoms. The molecule has 2 aromatic carbocycles. The third-order valence-electron chi connectivity index (χ3n) is 5.23. The van der Waals surface area contributed by atoms with Crippen molar-refractivity contribution in [1.82, 2.24) is 9.88 Å². The Morgan fingerprint density at radius 1 is 1.00 bits per heavy atom. The highest BCUT2D eigenvalue weighted by Crippen LogP contribution is 2.31. The summed E-state index contributed by atoms with van der Waals surface area (Å²) in [7, 11) is -3.82. The normalized spacial score (nSPS) is 11.9. The van der Waals surface area contributed by atoms with E-state index in [-0.39, 0.29) is 33.2 Å². The second-order valence-electron chi connectivity index (χ2n) is 7.33. The third kappa shape index (κ3) is 6.10. The molecular formula is C22H24F3N3O3S2. The molecule has 33 heavy (non-hydrogen) atoms. The van der Waals surface area contributed by atoms with E-state index < -0.39 is 38.9 Å². The van der Waals surface area contributed by atoms with Crippen molar-refractivity contribution in [2.45, 2.75) is 25.2 Å². The number of likely N-dealkylation sites (N-methyl/N-ethyl adjacent to an activating group) is 1. The molecule has 6 nitrogen and oxygen atoms in total. The number of anilines is 1. The average molecular weight is 500 g/mol. The number of hydrogen-bond donors (Lipinski definition) is 0. The molecule has 3 rings (SSSR count). The van der Waals surface area contributed by atoms with Gasteiger partial charge < -0.3 is 4.90 Å². The van der Waals surface area contributed by atoms with Gasteiger partial charge in [0.1, 0.15) is 17.2 Å². The van der Waals surface area contributed by atoms with Crippen LogP contribution in [0.4, 0.5) is 18.3 Å². The highest BCUT2D eigenvalue weighted by atomic mass is 32.2. The Labute approximate surface area is 194 Å². The standard InChI is InChI=1S/C22H24F3N3O3S2/c1-3-27(4-2)10-11-28(22-26-21-18(25)13-16(24)14-19(21)32-22)20(29)9-12-33(30,31)17-7-5-15(23)6-8-17/h5-8,13-14H,3-4,9-12H2,1-2H3. The zero-order valence-electron chi connectivity index (χ0n) is 18.2. The van der Waals surface area contributed by atoms with Gasteiger partial charge in [-0.15, -0.1) is 0 Å². The summed E-state index contributed by atoms with van der Waals surface area (Å²) in [4.78, 5) is 20.6. The number of hydrogen-bond acceptors (Lipinski definition) is 6. The van der Waals surface area contributed by atoms with E-state index in [2.05, 4.69) is 9.88 Å². The van der Waals surface area contributed by atoms with Crippen LogP contribution in [0.2, 0.25) is 0 Å². The summed E-state index contributed by atoms with van der Waals surface area (Å²) in [6.45, 7) is 6.15. The topological polar surface area (TPSA) is 70.6 Å². The molecule has 0 aliphatic carbocycles. The van der Waals surface area contributed by atoms with Gasteiger partial charge in [-0.25, -0.2) is 26.6 Å². The van der Waals surface area contributed by atoms with Crippen LogP contribution in [0.1, 0.15) is 20.3 Å². The zero-order valence-corrected chi connectivity index (χ0v) is 19.9. The first-order valence-electron chi connectivity index (χ1n) is 10.4. The van der Waals surface area contributed by atoms with Gasteiger partial charge in [0.15, 0.2) is 20.8 Å². The molecular weight excluding hydrogens is 475 g/mol. The number of thiazole rings is 1. The summed E-state index contributed by atoms with van der Waals surface area (Å²) in [6, 6.07) is 6.25. The number of aromatic nitrogens is 1. The lowest BCUT2D eigenvalue weighted by atomic mass is 10.3. The van der Waals surface area contributed by atoms with E-state index in [1.807, 2.05) is 13.8 Å². The van der Waals surface area contributed by atoms with E-state index in [4.69, 9.17) is 0 Å². The smallest absolute Gasteiger partial charge is 0.229 e. The number of benzene rings is 2. The Morgan fingerprint density at radius 2 is 1.67 bits per heavy atom. The summed E-state index contributed by atoms with van der Waals surface area (Å²) in [5, 5.41) is 0.172. The van der Waals surface area contributed by atoms with Gasteiger partial charge in [0.05, 0.1) is 15.3 Å². The van der Waals surface area contributed by atoms with Crippen molar-refractivity contribution in [3.63, 3.8) is 0 Å². The van der Waals surface area contributed by atoms with Crippen LogP contribution in [0.5, 0.6) is 0 Å². The number of carbonyl (C=O) groups excluding carboxylic acids is 1. The Kier molecular flexibility index (Phi) is 8.09. The lowest BCUT2D eigenvalue weighted by Gasteiger charge is -2.24. The van der Waals surface area contributed by atoms with Crippen LogP contribution in [0, 0.1) is 17.5 Å². The second kappa shape index (κ2) is 10.6. The first kappa shape index (κ1) is 25.1. The molecule has 0 saturated heterocycles. The third-order valence-corrected chi connectivity index (χ3v) is 7.98. The average Bonchev–Trinajstić information content (AvgIpc) is 3.19. The van der Waals surface area contributed by atoms with Crippen molar-refractivity contribution in [3.05, 3.63) is 53.8 Å². The van der Waals surface area contributed by atoms with Gasteiger partial charge >= 0.3 is 0 Å². The number of amides is 1. The van der Waals surface area contributed by atoms with E-state index >= 15 is 0 Å². The molecule has 0 fully saturated rings. The van der Waals surface area contributed by atoms with Crippen LogP contribution >= 0.6 is 11.3 Å². The molecule has 0 aliphatic heterocycles. The van der Waals surface area contributed by atoms with E-state index in [0.29, 0.717) is 6.54 Å². The van der Waals surface area contributed by atoms with E-state index in [1.165, 1.54) is 4.90 Å². The number of carbonyl (C=O) groups is 1. The fourth-order valence-corrected chi connectivity index (χ4v) is 5.56. The van der Waals surface area contributed by atoms with E-state index in [9.17, 15) is 26.4 Å². The Morgan fingerprint density at radius 3 is 2.30 bits per heavy atom. The van der Waals surface area contributed by atoms with Crippen molar-refractivity contribution < 1.29 is 26.4 Å². The maximum atomic E-state index is 14.2. The lowest BCUT2D eigenvalue weighted by Crippen LogP contribution is -2.39. The van der Waals surface area contributed by atoms with Crippen LogP contribution in [-0.4, -0.2) is 56.1 Å². The second-order valence-corrected chi connectivity index (χ2v) is 10.4. The van der Waals surface area contributed by atoms with Gasteiger partial charge in [-0.1, -0.05) is 25.2 Å². The zero-order chi connectivity index (χ0) is 24.2. The summed E-state index contributed by atoms with van der Waals surface area (Å²) in [6.07, 6.45) is -0.343. The van der Waals surface area contributed by atoms with Crippen LogP contribution in [-0.2, 0) is 14.6 Å². The summed E-state index contributed by atoms with van der Waals surface area (Å²) in [5.74, 6) is -3.13. The minimum atomic E-state index is -3.82. The highest BCUT2D eigenvalue weighted by Gasteiger charge is 2.24. The highest BCUT2D eigenvalue weighted by molar-refractivity contribution is 7.91. The van der Waals surface area contributed by atoms with Gasteiger partial charge in [-0.05, 0) is 43.4 Å². The Hall–Kier alpha value is -2.50. The van der Waals surface area contributed by atoms with Gasteiger partial charge in [-0.3, -0.25) is 9.69 Å². The predicted octanol–water partition coefficient (Wildman–Crippen LogP) is 4.25. The lowest BCUT2D eigenvalue weighted by molar-refractivity contribution is -0.118. The Balaban J connectivity index is 1.85. The minimum Gasteiger partial charge on any atom is -0.302 e. The largest absolute Gasteiger partial charge is 0.302 e. The fraction of sp³-hybridized carbons (Fsp3) is 0.364. The predicted molar refractivity (Wildman–Crippen MR) is 123 cm³/mol. The molecule has 178 valence electrons. The van der Waals surface area contributed by atoms with Crippen LogP contribution in [0.15, 0.2) is 41.3 Å².